The van der Waals surface area contributed by atoms with Crippen LogP contribution in [0.25, 0.3) is 5.82 Å². The van der Waals surface area contributed by atoms with Gasteiger partial charge in [-0.15, -0.1) is 0 Å². The van der Waals surface area contributed by atoms with Crippen molar-refractivity contribution in [2.24, 2.45) is 0 Å². The number of rotatable bonds is 3. The van der Waals surface area contributed by atoms with Crippen molar-refractivity contribution < 1.29 is 9.90 Å². The second kappa shape index (κ2) is 4.56. The molecule has 18 heavy (non-hydrogen) atoms. The van der Waals surface area contributed by atoms with Crippen LogP contribution in [0.15, 0.2) is 18.5 Å². The number of aromatic carboxylic acids is 1. The second-order valence-electron chi connectivity index (χ2n) is 4.36. The summed E-state index contributed by atoms with van der Waals surface area (Å²) in [6.45, 7) is 5.88. The third kappa shape index (κ3) is 2.37. The first-order valence-corrected chi connectivity index (χ1v) is 5.61. The monoisotopic (exact) mass is 246 g/mol. The molecule has 0 aliphatic rings. The molecule has 2 aromatic heterocycles. The highest BCUT2D eigenvalue weighted by atomic mass is 16.4. The lowest BCUT2D eigenvalue weighted by atomic mass is 10.2. The van der Waals surface area contributed by atoms with Crippen LogP contribution in [-0.2, 0) is 0 Å². The van der Waals surface area contributed by atoms with E-state index < -0.39 is 5.97 Å². The van der Waals surface area contributed by atoms with Crippen LogP contribution in [-0.4, -0.2) is 30.8 Å². The van der Waals surface area contributed by atoms with Crippen LogP contribution >= 0.6 is 0 Å². The number of hydrogen-bond donors (Lipinski definition) is 1. The lowest BCUT2D eigenvalue weighted by molar-refractivity contribution is 0.0697. The van der Waals surface area contributed by atoms with Crippen molar-refractivity contribution in [2.75, 3.05) is 0 Å². The van der Waals surface area contributed by atoms with Gasteiger partial charge in [-0.05, 0) is 6.92 Å². The van der Waals surface area contributed by atoms with E-state index in [1.54, 1.807) is 6.07 Å². The van der Waals surface area contributed by atoms with Gasteiger partial charge in [0.2, 0.25) is 0 Å². The molecule has 0 saturated carbocycles. The normalized spacial score (nSPS) is 10.9. The summed E-state index contributed by atoms with van der Waals surface area (Å²) in [4.78, 5) is 19.5. The Balaban J connectivity index is 2.46. The molecule has 0 atom stereocenters. The summed E-state index contributed by atoms with van der Waals surface area (Å²) in [7, 11) is 0. The zero-order valence-electron chi connectivity index (χ0n) is 10.5. The van der Waals surface area contributed by atoms with E-state index in [9.17, 15) is 4.79 Å². The van der Waals surface area contributed by atoms with E-state index in [1.807, 2.05) is 20.8 Å². The summed E-state index contributed by atoms with van der Waals surface area (Å²) in [6, 6.07) is 1.77. The number of carboxylic acids is 1. The minimum absolute atomic E-state index is 0.136. The number of carboxylic acid groups (broad SMARTS) is 1. The molecule has 0 aliphatic carbocycles. The highest BCUT2D eigenvalue weighted by Crippen LogP contribution is 2.13. The van der Waals surface area contributed by atoms with E-state index in [4.69, 9.17) is 5.11 Å². The van der Waals surface area contributed by atoms with Crippen LogP contribution in [0.3, 0.4) is 0 Å². The van der Waals surface area contributed by atoms with Crippen molar-refractivity contribution >= 4 is 5.97 Å². The largest absolute Gasteiger partial charge is 0.478 e. The lowest BCUT2D eigenvalue weighted by Gasteiger charge is -2.07. The van der Waals surface area contributed by atoms with Crippen LogP contribution in [0.1, 0.15) is 41.6 Å². The third-order valence-corrected chi connectivity index (χ3v) is 2.44. The molecule has 1 N–H and O–H groups in total. The number of aryl methyl sites for hydroxylation is 1. The van der Waals surface area contributed by atoms with Crippen molar-refractivity contribution in [2.45, 2.75) is 26.7 Å². The van der Waals surface area contributed by atoms with Crippen LogP contribution in [0.4, 0.5) is 0 Å². The molecule has 0 saturated heterocycles. The van der Waals surface area contributed by atoms with Gasteiger partial charge in [0.1, 0.15) is 5.82 Å². The van der Waals surface area contributed by atoms with E-state index in [0.29, 0.717) is 5.82 Å². The number of carbonyl (C=O) groups is 1. The van der Waals surface area contributed by atoms with E-state index in [0.717, 1.165) is 11.5 Å². The minimum atomic E-state index is -1.00. The average molecular weight is 246 g/mol. The lowest BCUT2D eigenvalue weighted by Crippen LogP contribution is -2.06. The molecule has 6 heteroatoms. The first-order chi connectivity index (χ1) is 8.47. The molecule has 0 amide bonds. The molecule has 2 aromatic rings. The van der Waals surface area contributed by atoms with Gasteiger partial charge in [-0.25, -0.2) is 19.4 Å². The Kier molecular flexibility index (Phi) is 3.10. The zero-order chi connectivity index (χ0) is 13.3. The summed E-state index contributed by atoms with van der Waals surface area (Å²) < 4.78 is 1.45. The highest BCUT2D eigenvalue weighted by molar-refractivity contribution is 5.86. The van der Waals surface area contributed by atoms with Gasteiger partial charge in [0, 0.05) is 23.9 Å². The van der Waals surface area contributed by atoms with Crippen LogP contribution in [0.5, 0.6) is 0 Å². The van der Waals surface area contributed by atoms with E-state index in [-0.39, 0.29) is 11.5 Å². The Hall–Kier alpha value is -2.24. The minimum Gasteiger partial charge on any atom is -0.478 e. The van der Waals surface area contributed by atoms with Gasteiger partial charge in [0.15, 0.2) is 5.82 Å². The zero-order valence-corrected chi connectivity index (χ0v) is 10.5. The molecule has 0 spiro atoms. The fourth-order valence-electron chi connectivity index (χ4n) is 1.51. The number of nitrogens with zero attached hydrogens (tertiary/aromatic N) is 4. The quantitative estimate of drug-likeness (QED) is 0.892. The van der Waals surface area contributed by atoms with E-state index in [2.05, 4.69) is 15.1 Å². The maximum absolute atomic E-state index is 10.8. The van der Waals surface area contributed by atoms with E-state index in [1.165, 1.54) is 17.1 Å². The standard InChI is InChI=1S/C12H14N4O2/c1-7(2)11-14-8(3)4-10(15-11)16-6-9(5-13-16)12(17)18/h4-7H,1-3H3,(H,17,18). The third-order valence-electron chi connectivity index (χ3n) is 2.44. The molecule has 0 radical (unpaired) electrons. The van der Waals surface area contributed by atoms with Crippen LogP contribution in [0.2, 0.25) is 0 Å². The van der Waals surface area contributed by atoms with Crippen LogP contribution < -0.4 is 0 Å². The molecular formula is C12H14N4O2. The number of aromatic nitrogens is 4. The van der Waals surface area contributed by atoms with Gasteiger partial charge < -0.3 is 5.11 Å². The molecule has 94 valence electrons. The van der Waals surface area contributed by atoms with Gasteiger partial charge in [0.05, 0.1) is 11.8 Å². The average Bonchev–Trinajstić information content (AvgIpc) is 2.77. The molecule has 0 aromatic carbocycles. The Morgan fingerprint density at radius 3 is 2.67 bits per heavy atom. The molecule has 2 heterocycles. The molecule has 0 bridgehead atoms. The van der Waals surface area contributed by atoms with Crippen molar-refractivity contribution in [3.05, 3.63) is 35.5 Å². The Morgan fingerprint density at radius 2 is 2.11 bits per heavy atom. The summed E-state index contributed by atoms with van der Waals surface area (Å²) in [5.74, 6) is 0.505. The first kappa shape index (κ1) is 12.2. The SMILES string of the molecule is Cc1cc(-n2cc(C(=O)O)cn2)nc(C(C)C)n1. The van der Waals surface area contributed by atoms with Crippen molar-refractivity contribution in [1.82, 2.24) is 19.7 Å². The predicted molar refractivity (Wildman–Crippen MR) is 64.9 cm³/mol. The van der Waals surface area contributed by atoms with Crippen molar-refractivity contribution in [3.63, 3.8) is 0 Å². The molecule has 2 rings (SSSR count). The molecule has 0 fully saturated rings. The number of hydrogen-bond acceptors (Lipinski definition) is 4. The summed E-state index contributed by atoms with van der Waals surface area (Å²) >= 11 is 0. The van der Waals surface area contributed by atoms with Gasteiger partial charge >= 0.3 is 5.97 Å². The highest BCUT2D eigenvalue weighted by Gasteiger charge is 2.11. The second-order valence-corrected chi connectivity index (χ2v) is 4.36. The van der Waals surface area contributed by atoms with Gasteiger partial charge in [-0.3, -0.25) is 0 Å². The Labute approximate surface area is 104 Å². The van der Waals surface area contributed by atoms with Gasteiger partial charge in [-0.1, -0.05) is 13.8 Å². The molecule has 0 unspecified atom stereocenters. The smallest absolute Gasteiger partial charge is 0.338 e. The van der Waals surface area contributed by atoms with Crippen LogP contribution in [0, 0.1) is 6.92 Å². The fraction of sp³-hybridized carbons (Fsp3) is 0.333. The molecule has 6 nitrogen and oxygen atoms in total. The summed E-state index contributed by atoms with van der Waals surface area (Å²) in [5.41, 5.74) is 0.966. The van der Waals surface area contributed by atoms with E-state index >= 15 is 0 Å². The summed E-state index contributed by atoms with van der Waals surface area (Å²) in [6.07, 6.45) is 2.74. The van der Waals surface area contributed by atoms with Crippen molar-refractivity contribution in [3.8, 4) is 5.82 Å². The fourth-order valence-corrected chi connectivity index (χ4v) is 1.51. The Bertz CT molecular complexity index is 590. The van der Waals surface area contributed by atoms with Gasteiger partial charge in [0.25, 0.3) is 0 Å². The predicted octanol–water partition coefficient (Wildman–Crippen LogP) is 1.79. The Morgan fingerprint density at radius 1 is 1.39 bits per heavy atom. The molecule has 0 aliphatic heterocycles. The first-order valence-electron chi connectivity index (χ1n) is 5.61. The van der Waals surface area contributed by atoms with Crippen molar-refractivity contribution in [1.29, 1.82) is 0 Å². The summed E-state index contributed by atoms with van der Waals surface area (Å²) in [5, 5.41) is 12.9. The molecular weight excluding hydrogens is 232 g/mol. The maximum atomic E-state index is 10.8. The maximum Gasteiger partial charge on any atom is 0.338 e. The topological polar surface area (TPSA) is 80.9 Å². The van der Waals surface area contributed by atoms with Gasteiger partial charge in [-0.2, -0.15) is 5.10 Å².